The second-order valence-electron chi connectivity index (χ2n) is 7.82. The zero-order valence-electron chi connectivity index (χ0n) is 19.4. The molecule has 0 spiro atoms. The molecular weight excluding hydrogens is 454 g/mol. The number of pyridine rings is 1. The van der Waals surface area contributed by atoms with Gasteiger partial charge >= 0.3 is 0 Å². The molecule has 0 saturated heterocycles. The first-order chi connectivity index (χ1) is 16.8. The number of fused-ring (bicyclic) bond motifs is 1. The van der Waals surface area contributed by atoms with Crippen molar-refractivity contribution in [2.24, 2.45) is 0 Å². The average Bonchev–Trinajstić information content (AvgIpc) is 3.15. The van der Waals surface area contributed by atoms with Crippen LogP contribution in [-0.2, 0) is 6.61 Å². The van der Waals surface area contributed by atoms with Crippen LogP contribution in [0, 0.1) is 36.8 Å². The van der Waals surface area contributed by atoms with Crippen LogP contribution in [-0.4, -0.2) is 21.9 Å². The average molecular weight is 476 g/mol. The fraction of sp³-hybridized carbons (Fsp3) is 0.192. The van der Waals surface area contributed by atoms with E-state index in [1.807, 2.05) is 6.92 Å². The van der Waals surface area contributed by atoms with Crippen LogP contribution in [0.5, 0.6) is 11.5 Å². The highest BCUT2D eigenvalue weighted by molar-refractivity contribution is 6.04. The normalized spacial score (nSPS) is 10.7. The van der Waals surface area contributed by atoms with Crippen molar-refractivity contribution in [2.45, 2.75) is 27.4 Å². The number of aromatic nitrogens is 2. The van der Waals surface area contributed by atoms with Crippen LogP contribution < -0.4 is 14.8 Å². The van der Waals surface area contributed by atoms with E-state index >= 15 is 0 Å². The van der Waals surface area contributed by atoms with Gasteiger partial charge in [-0.3, -0.25) is 9.20 Å². The largest absolute Gasteiger partial charge is 0.492 e. The predicted molar refractivity (Wildman–Crippen MR) is 126 cm³/mol. The monoisotopic (exact) mass is 476 g/mol. The highest BCUT2D eigenvalue weighted by Crippen LogP contribution is 2.27. The molecule has 0 aliphatic heterocycles. The summed E-state index contributed by atoms with van der Waals surface area (Å²) in [5.74, 6) is -1.15. The van der Waals surface area contributed by atoms with E-state index in [2.05, 4.69) is 16.4 Å². The van der Waals surface area contributed by atoms with Crippen molar-refractivity contribution < 1.29 is 23.0 Å². The second kappa shape index (κ2) is 9.81. The van der Waals surface area contributed by atoms with Gasteiger partial charge in [0.05, 0.1) is 23.4 Å². The van der Waals surface area contributed by atoms with Crippen molar-refractivity contribution >= 4 is 17.2 Å². The number of amides is 1. The third kappa shape index (κ3) is 4.77. The van der Waals surface area contributed by atoms with E-state index in [0.29, 0.717) is 34.9 Å². The van der Waals surface area contributed by atoms with Gasteiger partial charge in [0.1, 0.15) is 35.8 Å². The fourth-order valence-electron chi connectivity index (χ4n) is 3.72. The smallest absolute Gasteiger partial charge is 0.274 e. The summed E-state index contributed by atoms with van der Waals surface area (Å²) >= 11 is 0. The first kappa shape index (κ1) is 23.7. The van der Waals surface area contributed by atoms with E-state index in [1.165, 1.54) is 12.1 Å². The molecule has 1 N–H and O–H groups in total. The number of benzene rings is 2. The summed E-state index contributed by atoms with van der Waals surface area (Å²) in [4.78, 5) is 17.6. The molecule has 178 valence electrons. The molecule has 4 aromatic rings. The van der Waals surface area contributed by atoms with Crippen molar-refractivity contribution in [1.82, 2.24) is 9.38 Å². The number of carbonyl (C=O) groups excluding carboxylic acids is 1. The molecule has 2 aromatic carbocycles. The van der Waals surface area contributed by atoms with E-state index in [9.17, 15) is 18.8 Å². The van der Waals surface area contributed by atoms with Crippen molar-refractivity contribution in [2.75, 3.05) is 11.9 Å². The summed E-state index contributed by atoms with van der Waals surface area (Å²) in [5.41, 5.74) is 2.30. The number of nitrogens with one attached hydrogen (secondary N) is 1. The molecule has 2 aromatic heterocycles. The Kier molecular flexibility index (Phi) is 6.64. The van der Waals surface area contributed by atoms with Crippen LogP contribution >= 0.6 is 0 Å². The number of nitriles is 1. The van der Waals surface area contributed by atoms with Gasteiger partial charge in [-0.05, 0) is 62.7 Å². The molecule has 0 fully saturated rings. The molecule has 4 rings (SSSR count). The van der Waals surface area contributed by atoms with Gasteiger partial charge in [0, 0.05) is 11.9 Å². The minimum absolute atomic E-state index is 0.197. The number of rotatable bonds is 7. The minimum atomic E-state index is -0.708. The zero-order chi connectivity index (χ0) is 25.1. The Morgan fingerprint density at radius 2 is 1.86 bits per heavy atom. The Balaban J connectivity index is 1.65. The summed E-state index contributed by atoms with van der Waals surface area (Å²) in [6.07, 6.45) is 1.72. The first-order valence-corrected chi connectivity index (χ1v) is 10.9. The number of carbonyl (C=O) groups is 1. The molecule has 0 atom stereocenters. The lowest BCUT2D eigenvalue weighted by Crippen LogP contribution is -2.16. The molecule has 0 saturated carbocycles. The van der Waals surface area contributed by atoms with Crippen LogP contribution in [0.1, 0.15) is 39.8 Å². The highest BCUT2D eigenvalue weighted by atomic mass is 19.1. The molecular formula is C26H22F2N4O3. The Morgan fingerprint density at radius 3 is 2.54 bits per heavy atom. The minimum Gasteiger partial charge on any atom is -0.492 e. The van der Waals surface area contributed by atoms with Gasteiger partial charge in [-0.2, -0.15) is 5.26 Å². The van der Waals surface area contributed by atoms with E-state index in [0.717, 1.165) is 17.7 Å². The summed E-state index contributed by atoms with van der Waals surface area (Å²) in [5, 5.41) is 12.2. The number of nitrogens with zero attached hydrogens (tertiary/aromatic N) is 3. The standard InChI is InChI=1S/C26H22F2N4O3/c1-4-34-22-9-8-18(11-17(22)12-29)31-26(33)24-16(3)30-25-23(10-15(2)13-32(24)25)35-14-19-20(27)6-5-7-21(19)28/h5-11,13H,4,14H2,1-3H3,(H,31,33). The van der Waals surface area contributed by atoms with Crippen molar-refractivity contribution in [3.05, 3.63) is 88.4 Å². The Labute approximate surface area is 200 Å². The highest BCUT2D eigenvalue weighted by Gasteiger charge is 2.21. The maximum atomic E-state index is 14.0. The zero-order valence-corrected chi connectivity index (χ0v) is 19.4. The van der Waals surface area contributed by atoms with Crippen LogP contribution in [0.4, 0.5) is 14.5 Å². The van der Waals surface area contributed by atoms with E-state index in [-0.39, 0.29) is 23.6 Å². The summed E-state index contributed by atoms with van der Waals surface area (Å²) < 4.78 is 40.8. The lowest BCUT2D eigenvalue weighted by molar-refractivity contribution is 0.102. The number of hydrogen-bond donors (Lipinski definition) is 1. The van der Waals surface area contributed by atoms with E-state index in [4.69, 9.17) is 9.47 Å². The second-order valence-corrected chi connectivity index (χ2v) is 7.82. The van der Waals surface area contributed by atoms with Crippen LogP contribution in [0.3, 0.4) is 0 Å². The quantitative estimate of drug-likeness (QED) is 0.389. The van der Waals surface area contributed by atoms with Gasteiger partial charge in [0.2, 0.25) is 0 Å². The molecule has 0 unspecified atom stereocenters. The van der Waals surface area contributed by atoms with E-state index in [1.54, 1.807) is 42.6 Å². The molecule has 7 nitrogen and oxygen atoms in total. The van der Waals surface area contributed by atoms with Crippen molar-refractivity contribution in [3.8, 4) is 17.6 Å². The molecule has 0 radical (unpaired) electrons. The fourth-order valence-corrected chi connectivity index (χ4v) is 3.72. The number of hydrogen-bond acceptors (Lipinski definition) is 5. The summed E-state index contributed by atoms with van der Waals surface area (Å²) in [6.45, 7) is 5.37. The Bertz CT molecular complexity index is 1450. The third-order valence-electron chi connectivity index (χ3n) is 5.30. The van der Waals surface area contributed by atoms with Gasteiger partial charge in [-0.1, -0.05) is 6.07 Å². The topological polar surface area (TPSA) is 88.7 Å². The van der Waals surface area contributed by atoms with Gasteiger partial charge in [0.25, 0.3) is 5.91 Å². The van der Waals surface area contributed by atoms with Gasteiger partial charge in [0.15, 0.2) is 11.4 Å². The Morgan fingerprint density at radius 1 is 1.11 bits per heavy atom. The summed E-state index contributed by atoms with van der Waals surface area (Å²) in [7, 11) is 0. The molecule has 35 heavy (non-hydrogen) atoms. The number of aryl methyl sites for hydroxylation is 2. The Hall–Kier alpha value is -4.45. The number of ether oxygens (including phenoxy) is 2. The number of imidazole rings is 1. The van der Waals surface area contributed by atoms with Crippen molar-refractivity contribution in [1.29, 1.82) is 5.26 Å². The van der Waals surface area contributed by atoms with E-state index < -0.39 is 17.5 Å². The number of halogens is 2. The lowest BCUT2D eigenvalue weighted by atomic mass is 10.2. The van der Waals surface area contributed by atoms with Gasteiger partial charge in [-0.15, -0.1) is 0 Å². The first-order valence-electron chi connectivity index (χ1n) is 10.9. The molecule has 9 heteroatoms. The van der Waals surface area contributed by atoms with Crippen molar-refractivity contribution in [3.63, 3.8) is 0 Å². The molecule has 1 amide bonds. The number of anilines is 1. The lowest BCUT2D eigenvalue weighted by Gasteiger charge is -2.12. The third-order valence-corrected chi connectivity index (χ3v) is 5.30. The molecule has 2 heterocycles. The van der Waals surface area contributed by atoms with Gasteiger partial charge < -0.3 is 14.8 Å². The van der Waals surface area contributed by atoms with Crippen LogP contribution in [0.15, 0.2) is 48.7 Å². The SMILES string of the molecule is CCOc1ccc(NC(=O)c2c(C)nc3c(OCc4c(F)cccc4F)cc(C)cn23)cc1C#N. The summed E-state index contributed by atoms with van der Waals surface area (Å²) in [6, 6.07) is 12.1. The molecule has 0 aliphatic carbocycles. The molecule has 0 bridgehead atoms. The van der Waals surface area contributed by atoms with Crippen LogP contribution in [0.2, 0.25) is 0 Å². The molecule has 0 aliphatic rings. The van der Waals surface area contributed by atoms with Gasteiger partial charge in [-0.25, -0.2) is 13.8 Å². The predicted octanol–water partition coefficient (Wildman–Crippen LogP) is 5.33. The van der Waals surface area contributed by atoms with Crippen LogP contribution in [0.25, 0.3) is 5.65 Å². The maximum absolute atomic E-state index is 14.0. The maximum Gasteiger partial charge on any atom is 0.274 e.